The molecule has 17 heavy (non-hydrogen) atoms. The molecule has 0 radical (unpaired) electrons. The van der Waals surface area contributed by atoms with Crippen molar-refractivity contribution in [1.82, 2.24) is 4.90 Å². The summed E-state index contributed by atoms with van der Waals surface area (Å²) in [4.78, 5) is 13.1. The molecule has 1 heterocycles. The van der Waals surface area contributed by atoms with Crippen molar-refractivity contribution in [2.24, 2.45) is 5.92 Å². The molecule has 1 aromatic rings. The number of carbonyl (C=O) groups is 1. The standard InChI is InChI=1S/C13H19NO3/c1-2-5-14(7-10-3-4-10)8-12-6-11(9-17-12)13(15)16/h6,9-10H,2-5,7-8H2,1H3,(H,15,16). The maximum absolute atomic E-state index is 10.7. The van der Waals surface area contributed by atoms with Gasteiger partial charge in [0.1, 0.15) is 12.0 Å². The van der Waals surface area contributed by atoms with Crippen LogP contribution in [0.5, 0.6) is 0 Å². The summed E-state index contributed by atoms with van der Waals surface area (Å²) < 4.78 is 5.28. The van der Waals surface area contributed by atoms with Crippen LogP contribution in [0.4, 0.5) is 0 Å². The lowest BCUT2D eigenvalue weighted by atomic mass is 10.2. The number of carboxylic acid groups (broad SMARTS) is 1. The highest BCUT2D eigenvalue weighted by Gasteiger charge is 2.24. The van der Waals surface area contributed by atoms with Crippen LogP contribution in [0.15, 0.2) is 16.7 Å². The number of nitrogens with zero attached hydrogens (tertiary/aromatic N) is 1. The average molecular weight is 237 g/mol. The normalized spacial score (nSPS) is 15.4. The van der Waals surface area contributed by atoms with Crippen molar-refractivity contribution in [2.45, 2.75) is 32.7 Å². The lowest BCUT2D eigenvalue weighted by molar-refractivity contribution is 0.0696. The lowest BCUT2D eigenvalue weighted by Gasteiger charge is -2.19. The molecule has 0 aliphatic heterocycles. The van der Waals surface area contributed by atoms with Crippen molar-refractivity contribution in [3.8, 4) is 0 Å². The van der Waals surface area contributed by atoms with Gasteiger partial charge in [0.25, 0.3) is 0 Å². The minimum atomic E-state index is -0.927. The summed E-state index contributed by atoms with van der Waals surface area (Å²) in [6.45, 7) is 5.03. The molecular weight excluding hydrogens is 218 g/mol. The predicted octanol–water partition coefficient (Wildman–Crippen LogP) is 2.60. The maximum Gasteiger partial charge on any atom is 0.338 e. The molecule has 4 heteroatoms. The van der Waals surface area contributed by atoms with Gasteiger partial charge in [-0.05, 0) is 37.8 Å². The average Bonchev–Trinajstić information content (AvgIpc) is 2.95. The Morgan fingerprint density at radius 2 is 2.35 bits per heavy atom. The van der Waals surface area contributed by atoms with Gasteiger partial charge < -0.3 is 9.52 Å². The molecule has 1 aliphatic rings. The van der Waals surface area contributed by atoms with Crippen LogP contribution in [0.1, 0.15) is 42.3 Å². The third kappa shape index (κ3) is 3.60. The molecule has 1 aromatic heterocycles. The molecule has 0 spiro atoms. The molecule has 94 valence electrons. The van der Waals surface area contributed by atoms with Crippen molar-refractivity contribution in [1.29, 1.82) is 0 Å². The summed E-state index contributed by atoms with van der Waals surface area (Å²) in [5.74, 6) is 0.663. The van der Waals surface area contributed by atoms with Crippen molar-refractivity contribution >= 4 is 5.97 Å². The highest BCUT2D eigenvalue weighted by atomic mass is 16.4. The molecular formula is C13H19NO3. The summed E-state index contributed by atoms with van der Waals surface area (Å²) in [6.07, 6.45) is 5.09. The van der Waals surface area contributed by atoms with E-state index in [1.165, 1.54) is 19.1 Å². The lowest BCUT2D eigenvalue weighted by Crippen LogP contribution is -2.26. The first-order valence-corrected chi connectivity index (χ1v) is 6.22. The van der Waals surface area contributed by atoms with E-state index in [-0.39, 0.29) is 5.56 Å². The van der Waals surface area contributed by atoms with Crippen LogP contribution in [0.3, 0.4) is 0 Å². The van der Waals surface area contributed by atoms with Crippen LogP contribution in [-0.4, -0.2) is 29.1 Å². The van der Waals surface area contributed by atoms with Crippen molar-refractivity contribution in [3.63, 3.8) is 0 Å². The fourth-order valence-electron chi connectivity index (χ4n) is 2.01. The fraction of sp³-hybridized carbons (Fsp3) is 0.615. The largest absolute Gasteiger partial charge is 0.478 e. The zero-order valence-electron chi connectivity index (χ0n) is 10.2. The Morgan fingerprint density at radius 3 is 2.88 bits per heavy atom. The van der Waals surface area contributed by atoms with Gasteiger partial charge in [-0.25, -0.2) is 4.79 Å². The number of aromatic carboxylic acids is 1. The van der Waals surface area contributed by atoms with E-state index in [1.807, 2.05) is 0 Å². The van der Waals surface area contributed by atoms with Gasteiger partial charge >= 0.3 is 5.97 Å². The number of furan rings is 1. The van der Waals surface area contributed by atoms with Crippen molar-refractivity contribution in [3.05, 3.63) is 23.7 Å². The first kappa shape index (κ1) is 12.2. The first-order valence-electron chi connectivity index (χ1n) is 6.22. The highest BCUT2D eigenvalue weighted by molar-refractivity contribution is 5.87. The van der Waals surface area contributed by atoms with E-state index in [0.29, 0.717) is 0 Å². The number of carboxylic acids is 1. The molecule has 0 saturated heterocycles. The predicted molar refractivity (Wildman–Crippen MR) is 64.0 cm³/mol. The topological polar surface area (TPSA) is 53.7 Å². The molecule has 0 atom stereocenters. The Balaban J connectivity index is 1.92. The third-order valence-electron chi connectivity index (χ3n) is 3.03. The monoisotopic (exact) mass is 237 g/mol. The zero-order chi connectivity index (χ0) is 12.3. The summed E-state index contributed by atoms with van der Waals surface area (Å²) in [6, 6.07) is 1.62. The quantitative estimate of drug-likeness (QED) is 0.792. The summed E-state index contributed by atoms with van der Waals surface area (Å²) in [7, 11) is 0. The van der Waals surface area contributed by atoms with E-state index in [4.69, 9.17) is 9.52 Å². The van der Waals surface area contributed by atoms with E-state index < -0.39 is 5.97 Å². The second kappa shape index (κ2) is 5.36. The van der Waals surface area contributed by atoms with Gasteiger partial charge in [-0.3, -0.25) is 4.90 Å². The van der Waals surface area contributed by atoms with Gasteiger partial charge in [-0.1, -0.05) is 6.92 Å². The Bertz CT molecular complexity index is 382. The third-order valence-corrected chi connectivity index (χ3v) is 3.03. The van der Waals surface area contributed by atoms with Crippen LogP contribution in [0.2, 0.25) is 0 Å². The molecule has 1 saturated carbocycles. The SMILES string of the molecule is CCCN(Cc1cc(C(=O)O)co1)CC1CC1. The van der Waals surface area contributed by atoms with E-state index >= 15 is 0 Å². The summed E-state index contributed by atoms with van der Waals surface area (Å²) in [5.41, 5.74) is 0.239. The summed E-state index contributed by atoms with van der Waals surface area (Å²) >= 11 is 0. The van der Waals surface area contributed by atoms with Gasteiger partial charge in [-0.15, -0.1) is 0 Å². The van der Waals surface area contributed by atoms with Crippen LogP contribution >= 0.6 is 0 Å². The number of rotatable bonds is 7. The van der Waals surface area contributed by atoms with Crippen LogP contribution < -0.4 is 0 Å². The molecule has 1 N–H and O–H groups in total. The molecule has 0 bridgehead atoms. The van der Waals surface area contributed by atoms with E-state index in [2.05, 4.69) is 11.8 Å². The molecule has 1 fully saturated rings. The second-order valence-corrected chi connectivity index (χ2v) is 4.79. The molecule has 1 aliphatic carbocycles. The fourth-order valence-corrected chi connectivity index (χ4v) is 2.01. The van der Waals surface area contributed by atoms with Crippen molar-refractivity contribution < 1.29 is 14.3 Å². The minimum absolute atomic E-state index is 0.239. The Morgan fingerprint density at radius 1 is 1.59 bits per heavy atom. The molecule has 0 amide bonds. The zero-order valence-corrected chi connectivity index (χ0v) is 10.2. The van der Waals surface area contributed by atoms with E-state index in [1.54, 1.807) is 6.07 Å². The van der Waals surface area contributed by atoms with E-state index in [9.17, 15) is 4.79 Å². The van der Waals surface area contributed by atoms with Gasteiger partial charge in [0.15, 0.2) is 0 Å². The number of hydrogen-bond acceptors (Lipinski definition) is 3. The Hall–Kier alpha value is -1.29. The highest BCUT2D eigenvalue weighted by Crippen LogP contribution is 2.30. The Labute approximate surface area is 101 Å². The first-order chi connectivity index (χ1) is 8.19. The number of hydrogen-bond donors (Lipinski definition) is 1. The van der Waals surface area contributed by atoms with Gasteiger partial charge in [-0.2, -0.15) is 0 Å². The molecule has 0 unspecified atom stereocenters. The van der Waals surface area contributed by atoms with Gasteiger partial charge in [0.2, 0.25) is 0 Å². The molecule has 4 nitrogen and oxygen atoms in total. The minimum Gasteiger partial charge on any atom is -0.478 e. The van der Waals surface area contributed by atoms with Crippen molar-refractivity contribution in [2.75, 3.05) is 13.1 Å². The maximum atomic E-state index is 10.7. The van der Waals surface area contributed by atoms with Crippen LogP contribution in [0.25, 0.3) is 0 Å². The smallest absolute Gasteiger partial charge is 0.338 e. The van der Waals surface area contributed by atoms with Crippen LogP contribution in [0, 0.1) is 5.92 Å². The summed E-state index contributed by atoms with van der Waals surface area (Å²) in [5, 5.41) is 8.82. The second-order valence-electron chi connectivity index (χ2n) is 4.79. The van der Waals surface area contributed by atoms with Gasteiger partial charge in [0, 0.05) is 6.54 Å². The molecule has 2 rings (SSSR count). The molecule has 0 aromatic carbocycles. The van der Waals surface area contributed by atoms with E-state index in [0.717, 1.165) is 37.7 Å². The van der Waals surface area contributed by atoms with Gasteiger partial charge in [0.05, 0.1) is 12.1 Å². The Kier molecular flexibility index (Phi) is 3.84. The van der Waals surface area contributed by atoms with Crippen LogP contribution in [-0.2, 0) is 6.54 Å².